The van der Waals surface area contributed by atoms with Crippen LogP contribution in [-0.4, -0.2) is 41.8 Å². The smallest absolute Gasteiger partial charge is 0.229 e. The summed E-state index contributed by atoms with van der Waals surface area (Å²) in [6.07, 6.45) is 10.9. The molecule has 10 heteroatoms. The van der Waals surface area contributed by atoms with Crippen LogP contribution in [0.1, 0.15) is 70.9 Å². The standard InChI is InChI=1S/C29H42O8S2/c1-6-23(9-12-28(2,3)10-7-21-17-36-19-24(30)26(21)32)39(35)16-15-38(34)14-13-29(4,5)11-8-22-18-37-20-25(31)27(22)33/h6,17-20,23,30-31H,1,7-16H2,2-5H3. The van der Waals surface area contributed by atoms with Gasteiger partial charge in [-0.25, -0.2) is 0 Å². The summed E-state index contributed by atoms with van der Waals surface area (Å²) < 4.78 is 35.6. The monoisotopic (exact) mass is 582 g/mol. The fourth-order valence-corrected chi connectivity index (χ4v) is 7.44. The van der Waals surface area contributed by atoms with E-state index in [1.807, 2.05) is 0 Å². The van der Waals surface area contributed by atoms with Crippen molar-refractivity contribution in [3.8, 4) is 11.5 Å². The Labute approximate surface area is 236 Å². The van der Waals surface area contributed by atoms with Crippen molar-refractivity contribution in [2.45, 2.75) is 77.9 Å². The summed E-state index contributed by atoms with van der Waals surface area (Å²) in [5, 5.41) is 18.9. The second-order valence-electron chi connectivity index (χ2n) is 11.5. The van der Waals surface area contributed by atoms with Gasteiger partial charge in [0.1, 0.15) is 29.3 Å². The highest BCUT2D eigenvalue weighted by Gasteiger charge is 2.27. The van der Waals surface area contributed by atoms with E-state index < -0.39 is 44.7 Å². The molecule has 2 aromatic rings. The molecule has 3 unspecified atom stereocenters. The molecular weight excluding hydrogens is 540 g/mol. The zero-order valence-corrected chi connectivity index (χ0v) is 25.0. The van der Waals surface area contributed by atoms with Gasteiger partial charge in [-0.15, -0.1) is 0 Å². The fourth-order valence-electron chi connectivity index (χ4n) is 4.15. The third kappa shape index (κ3) is 11.1. The molecule has 0 aliphatic rings. The lowest BCUT2D eigenvalue weighted by Crippen LogP contribution is -2.29. The van der Waals surface area contributed by atoms with Crippen LogP contribution in [0.4, 0.5) is 0 Å². The highest BCUT2D eigenvalue weighted by molar-refractivity contribution is 7.95. The van der Waals surface area contributed by atoms with E-state index in [2.05, 4.69) is 34.3 Å². The Kier molecular flexibility index (Phi) is 12.7. The van der Waals surface area contributed by atoms with Crippen molar-refractivity contribution >= 4 is 22.4 Å². The number of aromatic hydroxyl groups is 2. The minimum absolute atomic E-state index is 0.128. The summed E-state index contributed by atoms with van der Waals surface area (Å²) in [5.74, 6) is 0.367. The Morgan fingerprint density at radius 2 is 1.31 bits per heavy atom. The molecule has 2 N–H and O–H groups in total. The summed E-state index contributed by atoms with van der Waals surface area (Å²) in [5.41, 5.74) is -0.279. The molecule has 0 radical (unpaired) electrons. The number of hydrogen-bond donors (Lipinski definition) is 2. The van der Waals surface area contributed by atoms with Crippen molar-refractivity contribution in [3.63, 3.8) is 0 Å². The van der Waals surface area contributed by atoms with E-state index in [4.69, 9.17) is 8.83 Å². The predicted octanol–water partition coefficient (Wildman–Crippen LogP) is 4.84. The van der Waals surface area contributed by atoms with Gasteiger partial charge in [-0.05, 0) is 84.2 Å². The molecule has 0 aliphatic heterocycles. The Morgan fingerprint density at radius 1 is 0.821 bits per heavy atom. The second-order valence-corrected chi connectivity index (χ2v) is 15.0. The molecule has 0 saturated heterocycles. The number of rotatable bonds is 17. The van der Waals surface area contributed by atoms with E-state index in [9.17, 15) is 28.9 Å². The zero-order valence-electron chi connectivity index (χ0n) is 23.4. The van der Waals surface area contributed by atoms with Gasteiger partial charge in [0.15, 0.2) is 17.3 Å². The van der Waals surface area contributed by atoms with Gasteiger partial charge in [-0.2, -0.15) is 0 Å². The number of aryl methyl sites for hydroxylation is 2. The second kappa shape index (κ2) is 15.0. The maximum absolute atomic E-state index is 12.9. The average molecular weight is 583 g/mol. The van der Waals surface area contributed by atoms with E-state index in [0.717, 1.165) is 18.9 Å². The van der Waals surface area contributed by atoms with Crippen LogP contribution < -0.4 is 10.9 Å². The zero-order chi connectivity index (χ0) is 29.2. The van der Waals surface area contributed by atoms with Crippen molar-refractivity contribution in [1.29, 1.82) is 0 Å². The van der Waals surface area contributed by atoms with Gasteiger partial charge >= 0.3 is 0 Å². The fraction of sp³-hybridized carbons (Fsp3) is 0.586. The van der Waals surface area contributed by atoms with E-state index in [0.29, 0.717) is 66.9 Å². The van der Waals surface area contributed by atoms with Gasteiger partial charge < -0.3 is 28.2 Å². The molecule has 3 atom stereocenters. The van der Waals surface area contributed by atoms with Crippen LogP contribution in [0.2, 0.25) is 0 Å². The minimum Gasteiger partial charge on any atom is -0.616 e. The first-order valence-electron chi connectivity index (χ1n) is 13.2. The Bertz CT molecular complexity index is 1170. The van der Waals surface area contributed by atoms with E-state index >= 15 is 0 Å². The van der Waals surface area contributed by atoms with Gasteiger partial charge in [0.25, 0.3) is 0 Å². The van der Waals surface area contributed by atoms with Crippen LogP contribution in [0.5, 0.6) is 11.5 Å². The topological polar surface area (TPSA) is 147 Å². The molecule has 218 valence electrons. The molecule has 2 rings (SSSR count). The first kappa shape index (κ1) is 33.1. The van der Waals surface area contributed by atoms with Crippen LogP contribution in [0, 0.1) is 10.8 Å². The van der Waals surface area contributed by atoms with Gasteiger partial charge in [0, 0.05) is 11.1 Å². The Hall–Kier alpha value is -2.14. The van der Waals surface area contributed by atoms with Crippen molar-refractivity contribution in [1.82, 2.24) is 0 Å². The highest BCUT2D eigenvalue weighted by Crippen LogP contribution is 2.31. The molecule has 0 bridgehead atoms. The summed E-state index contributed by atoms with van der Waals surface area (Å²) in [4.78, 5) is 24.0. The molecule has 2 heterocycles. The molecule has 0 fully saturated rings. The maximum atomic E-state index is 12.9. The van der Waals surface area contributed by atoms with Crippen molar-refractivity contribution in [2.75, 3.05) is 17.3 Å². The van der Waals surface area contributed by atoms with E-state index in [1.54, 1.807) is 6.08 Å². The SMILES string of the molecule is C=CC(CCC(C)(C)CCc1cocc(O)c1=O)[S+]([O-])CC[S+]([O-])CCC(C)(C)CCc1cocc(O)c1=O. The van der Waals surface area contributed by atoms with Gasteiger partial charge in [-0.3, -0.25) is 9.59 Å². The van der Waals surface area contributed by atoms with Crippen LogP contribution in [0.3, 0.4) is 0 Å². The molecule has 0 amide bonds. The summed E-state index contributed by atoms with van der Waals surface area (Å²) >= 11 is -2.31. The first-order chi connectivity index (χ1) is 18.2. The summed E-state index contributed by atoms with van der Waals surface area (Å²) in [6, 6.07) is 0. The van der Waals surface area contributed by atoms with Crippen molar-refractivity contribution in [3.05, 3.63) is 69.3 Å². The lowest BCUT2D eigenvalue weighted by Gasteiger charge is -2.27. The predicted molar refractivity (Wildman–Crippen MR) is 156 cm³/mol. The maximum Gasteiger partial charge on any atom is 0.229 e. The summed E-state index contributed by atoms with van der Waals surface area (Å²) in [7, 11) is 0. The van der Waals surface area contributed by atoms with Gasteiger partial charge in [0.2, 0.25) is 10.9 Å². The van der Waals surface area contributed by atoms with Crippen LogP contribution >= 0.6 is 0 Å². The Morgan fingerprint density at radius 3 is 1.79 bits per heavy atom. The lowest BCUT2D eigenvalue weighted by atomic mass is 9.82. The molecular formula is C29H42O8S2. The average Bonchev–Trinajstić information content (AvgIpc) is 2.88. The van der Waals surface area contributed by atoms with Gasteiger partial charge in [-0.1, -0.05) is 34.3 Å². The third-order valence-corrected chi connectivity index (χ3v) is 10.5. The van der Waals surface area contributed by atoms with Gasteiger partial charge in [0.05, 0.1) is 12.5 Å². The largest absolute Gasteiger partial charge is 0.616 e. The van der Waals surface area contributed by atoms with Crippen LogP contribution in [0.25, 0.3) is 0 Å². The van der Waals surface area contributed by atoms with Crippen LogP contribution in [-0.2, 0) is 35.2 Å². The van der Waals surface area contributed by atoms with Crippen molar-refractivity contribution < 1.29 is 28.2 Å². The normalized spacial score (nSPS) is 14.6. The van der Waals surface area contributed by atoms with E-state index in [1.165, 1.54) is 12.5 Å². The molecule has 0 aromatic carbocycles. The van der Waals surface area contributed by atoms with E-state index in [-0.39, 0.29) is 16.1 Å². The molecule has 0 aliphatic carbocycles. The summed E-state index contributed by atoms with van der Waals surface area (Å²) in [6.45, 7) is 12.1. The molecule has 39 heavy (non-hydrogen) atoms. The highest BCUT2D eigenvalue weighted by atomic mass is 32.2. The molecule has 0 spiro atoms. The number of hydrogen-bond acceptors (Lipinski definition) is 8. The molecule has 2 aromatic heterocycles. The molecule has 8 nitrogen and oxygen atoms in total. The lowest BCUT2D eigenvalue weighted by molar-refractivity contribution is 0.298. The van der Waals surface area contributed by atoms with Crippen molar-refractivity contribution in [2.24, 2.45) is 10.8 Å². The minimum atomic E-state index is -1.20. The first-order valence-corrected chi connectivity index (χ1v) is 16.0. The molecule has 0 saturated carbocycles. The van der Waals surface area contributed by atoms with Crippen LogP contribution in [0.15, 0.2) is 56.1 Å². The third-order valence-electron chi connectivity index (χ3n) is 7.20. The quantitative estimate of drug-likeness (QED) is 0.199. The Balaban J connectivity index is 1.75.